The SMILES string of the molecule is CC(=O)OC[C@@]12[C@@H](OC(C)=O)C[C@@H](C)[C@](C)([C@@H]3CC4C[C@@H](O)OC4O3)[C@H]1CCC[C@]21CO1. The van der Waals surface area contributed by atoms with Gasteiger partial charge in [-0.25, -0.2) is 0 Å². The van der Waals surface area contributed by atoms with Crippen molar-refractivity contribution in [3.63, 3.8) is 0 Å². The molecule has 2 aliphatic carbocycles. The lowest BCUT2D eigenvalue weighted by atomic mass is 9.42. The zero-order valence-corrected chi connectivity index (χ0v) is 19.5. The van der Waals surface area contributed by atoms with E-state index < -0.39 is 17.3 Å². The molecule has 0 amide bonds. The van der Waals surface area contributed by atoms with Gasteiger partial charge in [0.25, 0.3) is 0 Å². The first-order chi connectivity index (χ1) is 15.1. The van der Waals surface area contributed by atoms with E-state index in [1.54, 1.807) is 0 Å². The third kappa shape index (κ3) is 3.16. The fourth-order valence-corrected chi connectivity index (χ4v) is 7.79. The summed E-state index contributed by atoms with van der Waals surface area (Å²) in [5, 5.41) is 9.88. The third-order valence-corrected chi connectivity index (χ3v) is 9.50. The smallest absolute Gasteiger partial charge is 0.302 e. The molecule has 8 heteroatoms. The first-order valence-corrected chi connectivity index (χ1v) is 12.1. The van der Waals surface area contributed by atoms with E-state index in [4.69, 9.17) is 23.7 Å². The van der Waals surface area contributed by atoms with Crippen molar-refractivity contribution >= 4 is 11.9 Å². The predicted molar refractivity (Wildman–Crippen MR) is 111 cm³/mol. The summed E-state index contributed by atoms with van der Waals surface area (Å²) in [5.41, 5.74) is -1.28. The summed E-state index contributed by atoms with van der Waals surface area (Å²) >= 11 is 0. The van der Waals surface area contributed by atoms with Crippen LogP contribution in [0.15, 0.2) is 0 Å². The Morgan fingerprint density at radius 1 is 1.12 bits per heavy atom. The predicted octanol–water partition coefficient (Wildman–Crippen LogP) is 2.55. The number of fused-ring (bicyclic) bond motifs is 3. The van der Waals surface area contributed by atoms with Gasteiger partial charge in [0, 0.05) is 31.6 Å². The Labute approximate surface area is 189 Å². The minimum Gasteiger partial charge on any atom is -0.465 e. The molecule has 1 N–H and O–H groups in total. The molecule has 32 heavy (non-hydrogen) atoms. The standard InChI is InChI=1S/C24H36O8/c1-13-8-19(30-15(3)26)24(12-28-14(2)25)17(6-5-7-23(24)11-29-23)22(13,4)18-9-16-10-20(27)32-21(16)31-18/h13,16-21,27H,5-12H2,1-4H3/t13-,16?,17-,18+,19+,20+,21?,22+,23+,24+/m1/s1. The maximum atomic E-state index is 12.1. The van der Waals surface area contributed by atoms with Crippen LogP contribution in [0.2, 0.25) is 0 Å². The van der Waals surface area contributed by atoms with E-state index in [0.717, 1.165) is 25.7 Å². The Hall–Kier alpha value is -1.22. The largest absolute Gasteiger partial charge is 0.465 e. The third-order valence-electron chi connectivity index (χ3n) is 9.50. The van der Waals surface area contributed by atoms with Gasteiger partial charge in [-0.3, -0.25) is 9.59 Å². The fraction of sp³-hybridized carbons (Fsp3) is 0.917. The van der Waals surface area contributed by atoms with Crippen molar-refractivity contribution in [3.05, 3.63) is 0 Å². The molecule has 8 nitrogen and oxygen atoms in total. The number of aliphatic hydroxyl groups excluding tert-OH is 1. The maximum Gasteiger partial charge on any atom is 0.302 e. The first-order valence-electron chi connectivity index (χ1n) is 12.1. The van der Waals surface area contributed by atoms with E-state index in [2.05, 4.69) is 13.8 Å². The number of rotatable bonds is 4. The number of aliphatic hydroxyl groups is 1. The maximum absolute atomic E-state index is 12.1. The lowest BCUT2D eigenvalue weighted by Gasteiger charge is -2.64. The van der Waals surface area contributed by atoms with Crippen LogP contribution in [0, 0.1) is 28.6 Å². The Kier molecular flexibility index (Phi) is 5.40. The van der Waals surface area contributed by atoms with Gasteiger partial charge in [0.2, 0.25) is 0 Å². The molecule has 0 aromatic carbocycles. The molecule has 5 fully saturated rings. The van der Waals surface area contributed by atoms with E-state index in [-0.39, 0.29) is 60.2 Å². The van der Waals surface area contributed by atoms with Crippen LogP contribution in [0.3, 0.4) is 0 Å². The topological polar surface area (TPSA) is 104 Å². The van der Waals surface area contributed by atoms with E-state index in [1.807, 2.05) is 0 Å². The Morgan fingerprint density at radius 3 is 2.50 bits per heavy atom. The zero-order valence-electron chi connectivity index (χ0n) is 19.5. The van der Waals surface area contributed by atoms with Crippen LogP contribution in [0.5, 0.6) is 0 Å². The molecule has 5 aliphatic rings. The van der Waals surface area contributed by atoms with E-state index in [9.17, 15) is 14.7 Å². The van der Waals surface area contributed by atoms with Crippen molar-refractivity contribution < 1.29 is 38.4 Å². The monoisotopic (exact) mass is 452 g/mol. The van der Waals surface area contributed by atoms with E-state index >= 15 is 0 Å². The highest BCUT2D eigenvalue weighted by atomic mass is 16.7. The second-order valence-corrected chi connectivity index (χ2v) is 11.0. The van der Waals surface area contributed by atoms with Crippen molar-refractivity contribution in [2.45, 2.75) is 96.6 Å². The van der Waals surface area contributed by atoms with Crippen LogP contribution in [-0.2, 0) is 33.3 Å². The van der Waals surface area contributed by atoms with Crippen LogP contribution in [0.25, 0.3) is 0 Å². The van der Waals surface area contributed by atoms with Gasteiger partial charge in [-0.2, -0.15) is 0 Å². The highest BCUT2D eigenvalue weighted by Gasteiger charge is 2.76. The average Bonchev–Trinajstić information content (AvgIpc) is 3.24. The molecule has 3 aliphatic heterocycles. The molecule has 0 aromatic rings. The van der Waals surface area contributed by atoms with Crippen LogP contribution in [0.1, 0.15) is 66.2 Å². The number of esters is 2. The first kappa shape index (κ1) is 22.6. The van der Waals surface area contributed by atoms with Gasteiger partial charge >= 0.3 is 11.9 Å². The van der Waals surface area contributed by atoms with E-state index in [1.165, 1.54) is 13.8 Å². The van der Waals surface area contributed by atoms with Crippen LogP contribution < -0.4 is 0 Å². The molecule has 5 rings (SSSR count). The molecule has 1 spiro atoms. The quantitative estimate of drug-likeness (QED) is 0.513. The minimum atomic E-state index is -0.753. The summed E-state index contributed by atoms with van der Waals surface area (Å²) in [7, 11) is 0. The molecule has 0 bridgehead atoms. The van der Waals surface area contributed by atoms with Gasteiger partial charge in [0.15, 0.2) is 12.6 Å². The number of ether oxygens (including phenoxy) is 5. The summed E-state index contributed by atoms with van der Waals surface area (Å²) in [6.07, 6.45) is 3.35. The number of hydrogen-bond donors (Lipinski definition) is 1. The summed E-state index contributed by atoms with van der Waals surface area (Å²) in [6, 6.07) is 0. The van der Waals surface area contributed by atoms with Crippen molar-refractivity contribution in [2.24, 2.45) is 28.6 Å². The Morgan fingerprint density at radius 2 is 1.88 bits per heavy atom. The lowest BCUT2D eigenvalue weighted by molar-refractivity contribution is -0.263. The summed E-state index contributed by atoms with van der Waals surface area (Å²) in [4.78, 5) is 24.1. The molecule has 10 atom stereocenters. The number of carbonyl (C=O) groups excluding carboxylic acids is 2. The van der Waals surface area contributed by atoms with Crippen LogP contribution in [0.4, 0.5) is 0 Å². The highest BCUT2D eigenvalue weighted by Crippen LogP contribution is 2.70. The molecule has 3 saturated heterocycles. The second kappa shape index (κ2) is 7.65. The molecule has 180 valence electrons. The molecule has 2 unspecified atom stereocenters. The number of epoxide rings is 1. The zero-order chi connectivity index (χ0) is 22.9. The molecule has 0 radical (unpaired) electrons. The molecule has 0 aromatic heterocycles. The number of carbonyl (C=O) groups is 2. The van der Waals surface area contributed by atoms with Gasteiger partial charge in [-0.05, 0) is 37.5 Å². The van der Waals surface area contributed by atoms with Crippen LogP contribution >= 0.6 is 0 Å². The fourth-order valence-electron chi connectivity index (χ4n) is 7.79. The normalized spacial score (nSPS) is 51.7. The minimum absolute atomic E-state index is 0.0473. The highest BCUT2D eigenvalue weighted by molar-refractivity contribution is 5.67. The molecular weight excluding hydrogens is 416 g/mol. The Bertz CT molecular complexity index is 766. The van der Waals surface area contributed by atoms with E-state index in [0.29, 0.717) is 19.4 Å². The lowest BCUT2D eigenvalue weighted by Crippen LogP contribution is -2.69. The van der Waals surface area contributed by atoms with Gasteiger partial charge in [-0.15, -0.1) is 0 Å². The average molecular weight is 453 g/mol. The van der Waals surface area contributed by atoms with Gasteiger partial charge < -0.3 is 28.8 Å². The van der Waals surface area contributed by atoms with Crippen molar-refractivity contribution in [1.29, 1.82) is 0 Å². The Balaban J connectivity index is 1.55. The molecular formula is C24H36O8. The molecule has 2 saturated carbocycles. The molecule has 3 heterocycles. The van der Waals surface area contributed by atoms with Crippen LogP contribution in [-0.4, -0.2) is 60.6 Å². The summed E-state index contributed by atoms with van der Waals surface area (Å²) < 4.78 is 29.9. The number of hydrogen-bond acceptors (Lipinski definition) is 8. The van der Waals surface area contributed by atoms with Gasteiger partial charge in [0.05, 0.1) is 18.1 Å². The second-order valence-electron chi connectivity index (χ2n) is 11.0. The summed E-state index contributed by atoms with van der Waals surface area (Å²) in [6.45, 7) is 8.15. The van der Waals surface area contributed by atoms with Gasteiger partial charge in [-0.1, -0.05) is 20.3 Å². The van der Waals surface area contributed by atoms with Gasteiger partial charge in [0.1, 0.15) is 18.3 Å². The summed E-state index contributed by atoms with van der Waals surface area (Å²) in [5.74, 6) is -0.169. The van der Waals surface area contributed by atoms with Crippen molar-refractivity contribution in [2.75, 3.05) is 13.2 Å². The van der Waals surface area contributed by atoms with Crippen molar-refractivity contribution in [1.82, 2.24) is 0 Å². The van der Waals surface area contributed by atoms with Crippen molar-refractivity contribution in [3.8, 4) is 0 Å².